The smallest absolute Gasteiger partial charge is 0.322 e. The van der Waals surface area contributed by atoms with Crippen molar-refractivity contribution in [1.82, 2.24) is 4.90 Å². The lowest BCUT2D eigenvalue weighted by molar-refractivity contribution is -0.137. The van der Waals surface area contributed by atoms with E-state index in [1.165, 1.54) is 0 Å². The van der Waals surface area contributed by atoms with Gasteiger partial charge in [0.2, 0.25) is 0 Å². The number of hydrogen-bond donors (Lipinski definition) is 1. The third-order valence-electron chi connectivity index (χ3n) is 2.48. The molecule has 1 aliphatic rings. The summed E-state index contributed by atoms with van der Waals surface area (Å²) in [6.45, 7) is 0. The van der Waals surface area contributed by atoms with Crippen LogP contribution in [0.4, 0.5) is 0 Å². The molecule has 3 nitrogen and oxygen atoms in total. The molecular weight excluding hydrogens is 166 g/mol. The minimum absolute atomic E-state index is 0.0682. The van der Waals surface area contributed by atoms with Gasteiger partial charge in [-0.3, -0.25) is 9.69 Å². The fourth-order valence-electron chi connectivity index (χ4n) is 1.72. The fourth-order valence-corrected chi connectivity index (χ4v) is 1.72. The van der Waals surface area contributed by atoms with Gasteiger partial charge in [-0.1, -0.05) is 30.3 Å². The molecule has 1 unspecified atom stereocenters. The number of hydrogen-bond acceptors (Lipinski definition) is 2. The monoisotopic (exact) mass is 177 g/mol. The van der Waals surface area contributed by atoms with E-state index < -0.39 is 5.97 Å². The van der Waals surface area contributed by atoms with E-state index in [1.54, 1.807) is 0 Å². The summed E-state index contributed by atoms with van der Waals surface area (Å²) in [6.07, 6.45) is 0. The molecule has 68 valence electrons. The van der Waals surface area contributed by atoms with Gasteiger partial charge in [-0.2, -0.15) is 0 Å². The van der Waals surface area contributed by atoms with Gasteiger partial charge in [-0.15, -0.1) is 0 Å². The third kappa shape index (κ3) is 1.31. The second-order valence-electron chi connectivity index (χ2n) is 3.30. The lowest BCUT2D eigenvalue weighted by Gasteiger charge is -1.95. The number of carboxylic acid groups (broad SMARTS) is 1. The van der Waals surface area contributed by atoms with Crippen molar-refractivity contribution in [3.8, 4) is 0 Å². The standard InChI is InChI=1S/C10H11NO2/c1-11-8(9(11)10(12)13)7-5-3-2-4-6-7/h2-6,8-9H,1H3,(H,12,13)/t8-,9+,11?/m1/s1. The lowest BCUT2D eigenvalue weighted by atomic mass is 10.1. The zero-order valence-electron chi connectivity index (χ0n) is 7.34. The number of carboxylic acids is 1. The first-order valence-corrected chi connectivity index (χ1v) is 4.21. The van der Waals surface area contributed by atoms with Crippen molar-refractivity contribution in [1.29, 1.82) is 0 Å². The summed E-state index contributed by atoms with van der Waals surface area (Å²) in [4.78, 5) is 12.6. The van der Waals surface area contributed by atoms with Gasteiger partial charge in [0.05, 0.1) is 6.04 Å². The van der Waals surface area contributed by atoms with E-state index in [4.69, 9.17) is 5.11 Å². The predicted octanol–water partition coefficient (Wildman–Crippen LogP) is 1.13. The number of aliphatic carboxylic acids is 1. The van der Waals surface area contributed by atoms with E-state index in [9.17, 15) is 4.79 Å². The van der Waals surface area contributed by atoms with Crippen LogP contribution in [0.5, 0.6) is 0 Å². The van der Waals surface area contributed by atoms with Crippen LogP contribution in [-0.4, -0.2) is 29.1 Å². The number of nitrogens with zero attached hydrogens (tertiary/aromatic N) is 1. The Kier molecular flexibility index (Phi) is 1.81. The molecule has 0 aliphatic carbocycles. The molecule has 1 aromatic rings. The maximum absolute atomic E-state index is 10.7. The van der Waals surface area contributed by atoms with Crippen LogP contribution >= 0.6 is 0 Å². The van der Waals surface area contributed by atoms with Crippen LogP contribution < -0.4 is 0 Å². The molecule has 1 aromatic carbocycles. The van der Waals surface area contributed by atoms with Crippen LogP contribution in [0.15, 0.2) is 30.3 Å². The summed E-state index contributed by atoms with van der Waals surface area (Å²) < 4.78 is 0. The SMILES string of the molecule is CN1[C@H](C(=O)O)[C@H]1c1ccccc1. The maximum atomic E-state index is 10.7. The Bertz CT molecular complexity index is 323. The zero-order chi connectivity index (χ0) is 9.42. The number of likely N-dealkylation sites (N-methyl/N-ethyl adjacent to an activating group) is 1. The topological polar surface area (TPSA) is 40.3 Å². The molecule has 0 aromatic heterocycles. The van der Waals surface area contributed by atoms with Crippen molar-refractivity contribution < 1.29 is 9.90 Å². The highest BCUT2D eigenvalue weighted by Crippen LogP contribution is 2.40. The van der Waals surface area contributed by atoms with E-state index >= 15 is 0 Å². The minimum Gasteiger partial charge on any atom is -0.480 e. The summed E-state index contributed by atoms with van der Waals surface area (Å²) in [5, 5.41) is 8.81. The molecule has 1 fully saturated rings. The van der Waals surface area contributed by atoms with E-state index in [0.29, 0.717) is 0 Å². The van der Waals surface area contributed by atoms with Gasteiger partial charge in [-0.25, -0.2) is 0 Å². The molecule has 2 rings (SSSR count). The second kappa shape index (κ2) is 2.85. The summed E-state index contributed by atoms with van der Waals surface area (Å²) in [5.74, 6) is -0.739. The third-order valence-corrected chi connectivity index (χ3v) is 2.48. The molecule has 0 amide bonds. The second-order valence-corrected chi connectivity index (χ2v) is 3.30. The Morgan fingerprint density at radius 3 is 2.46 bits per heavy atom. The lowest BCUT2D eigenvalue weighted by Crippen LogP contribution is -2.08. The quantitative estimate of drug-likeness (QED) is 0.688. The molecule has 0 radical (unpaired) electrons. The first-order chi connectivity index (χ1) is 6.22. The van der Waals surface area contributed by atoms with Crippen molar-refractivity contribution in [2.75, 3.05) is 7.05 Å². The largest absolute Gasteiger partial charge is 0.480 e. The first kappa shape index (κ1) is 8.26. The van der Waals surface area contributed by atoms with Gasteiger partial charge in [0.15, 0.2) is 0 Å². The van der Waals surface area contributed by atoms with Crippen molar-refractivity contribution in [3.05, 3.63) is 35.9 Å². The summed E-state index contributed by atoms with van der Waals surface area (Å²) in [5.41, 5.74) is 1.08. The van der Waals surface area contributed by atoms with E-state index in [-0.39, 0.29) is 12.1 Å². The Balaban J connectivity index is 2.18. The highest BCUT2D eigenvalue weighted by molar-refractivity contribution is 5.78. The number of benzene rings is 1. The molecule has 3 heteroatoms. The Hall–Kier alpha value is -1.35. The van der Waals surface area contributed by atoms with Crippen molar-refractivity contribution in [2.45, 2.75) is 12.1 Å². The minimum atomic E-state index is -0.739. The molecule has 1 aliphatic heterocycles. The normalized spacial score (nSPS) is 31.3. The molecule has 0 spiro atoms. The van der Waals surface area contributed by atoms with Gasteiger partial charge in [0, 0.05) is 0 Å². The highest BCUT2D eigenvalue weighted by atomic mass is 16.4. The van der Waals surface area contributed by atoms with Crippen LogP contribution in [-0.2, 0) is 4.79 Å². The van der Waals surface area contributed by atoms with Crippen molar-refractivity contribution >= 4 is 5.97 Å². The van der Waals surface area contributed by atoms with Crippen LogP contribution in [0.2, 0.25) is 0 Å². The zero-order valence-corrected chi connectivity index (χ0v) is 7.34. The van der Waals surface area contributed by atoms with E-state index in [1.807, 2.05) is 42.3 Å². The van der Waals surface area contributed by atoms with Gasteiger partial charge in [0.1, 0.15) is 6.04 Å². The van der Waals surface area contributed by atoms with Gasteiger partial charge in [0.25, 0.3) is 0 Å². The Morgan fingerprint density at radius 2 is 2.00 bits per heavy atom. The molecule has 1 heterocycles. The maximum Gasteiger partial charge on any atom is 0.322 e. The molecule has 0 bridgehead atoms. The van der Waals surface area contributed by atoms with Crippen LogP contribution in [0.3, 0.4) is 0 Å². The molecule has 3 atom stereocenters. The molecule has 0 saturated carbocycles. The predicted molar refractivity (Wildman–Crippen MR) is 48.4 cm³/mol. The molecule has 13 heavy (non-hydrogen) atoms. The van der Waals surface area contributed by atoms with Crippen LogP contribution in [0, 0.1) is 0 Å². The van der Waals surface area contributed by atoms with Crippen molar-refractivity contribution in [2.24, 2.45) is 0 Å². The van der Waals surface area contributed by atoms with Gasteiger partial charge < -0.3 is 5.11 Å². The summed E-state index contributed by atoms with van der Waals surface area (Å²) >= 11 is 0. The molecule has 1 N–H and O–H groups in total. The average Bonchev–Trinajstić information content (AvgIpc) is 2.79. The molecular formula is C10H11NO2. The summed E-state index contributed by atoms with van der Waals surface area (Å²) in [7, 11) is 1.83. The van der Waals surface area contributed by atoms with E-state index in [2.05, 4.69) is 0 Å². The van der Waals surface area contributed by atoms with Gasteiger partial charge in [-0.05, 0) is 12.6 Å². The average molecular weight is 177 g/mol. The Labute approximate surface area is 76.6 Å². The number of rotatable bonds is 2. The Morgan fingerprint density at radius 1 is 1.38 bits per heavy atom. The first-order valence-electron chi connectivity index (χ1n) is 4.21. The van der Waals surface area contributed by atoms with E-state index in [0.717, 1.165) is 5.56 Å². The van der Waals surface area contributed by atoms with Crippen molar-refractivity contribution in [3.63, 3.8) is 0 Å². The van der Waals surface area contributed by atoms with Crippen LogP contribution in [0.1, 0.15) is 11.6 Å². The van der Waals surface area contributed by atoms with Crippen LogP contribution in [0.25, 0.3) is 0 Å². The fraction of sp³-hybridized carbons (Fsp3) is 0.300. The highest BCUT2D eigenvalue weighted by Gasteiger charge is 2.50. The molecule has 1 saturated heterocycles. The van der Waals surface area contributed by atoms with Gasteiger partial charge >= 0.3 is 5.97 Å². The number of carbonyl (C=O) groups is 1. The summed E-state index contributed by atoms with van der Waals surface area (Å²) in [6, 6.07) is 9.46.